The summed E-state index contributed by atoms with van der Waals surface area (Å²) in [6.45, 7) is 0.331. The van der Waals surface area contributed by atoms with Gasteiger partial charge in [0.2, 0.25) is 0 Å². The standard InChI is InChI=1S/C14H14BrN3O4/c15-10-4-1-3-9(7-10)8-17-13(19)18-11(16-17)5-2-6-12(18)22-14(20)21/h1,3-4,7,12H,2,5-6,8H2,(H,20,21)/t12-/m0/s1. The molecule has 1 aliphatic heterocycles. The minimum Gasteiger partial charge on any atom is -0.450 e. The van der Waals surface area contributed by atoms with E-state index in [9.17, 15) is 9.59 Å². The summed E-state index contributed by atoms with van der Waals surface area (Å²) in [5.74, 6) is 0.567. The number of carbonyl (C=O) groups is 1. The lowest BCUT2D eigenvalue weighted by atomic mass is 10.1. The van der Waals surface area contributed by atoms with Crippen molar-refractivity contribution in [1.82, 2.24) is 14.3 Å². The predicted octanol–water partition coefficient (Wildman–Crippen LogP) is 2.39. The molecule has 1 atom stereocenters. The Hall–Kier alpha value is -2.09. The molecule has 1 aromatic heterocycles. The average molecular weight is 368 g/mol. The van der Waals surface area contributed by atoms with Crippen molar-refractivity contribution in [2.24, 2.45) is 0 Å². The van der Waals surface area contributed by atoms with Crippen molar-refractivity contribution >= 4 is 22.1 Å². The van der Waals surface area contributed by atoms with Gasteiger partial charge in [-0.1, -0.05) is 28.1 Å². The molecule has 0 bridgehead atoms. The van der Waals surface area contributed by atoms with Crippen LogP contribution in [-0.2, 0) is 17.7 Å². The zero-order valence-corrected chi connectivity index (χ0v) is 13.2. The van der Waals surface area contributed by atoms with Gasteiger partial charge in [0.25, 0.3) is 0 Å². The van der Waals surface area contributed by atoms with Gasteiger partial charge in [-0.15, -0.1) is 0 Å². The molecule has 3 rings (SSSR count). The molecule has 0 saturated heterocycles. The summed E-state index contributed by atoms with van der Waals surface area (Å²) < 4.78 is 8.42. The molecule has 0 unspecified atom stereocenters. The molecule has 7 nitrogen and oxygen atoms in total. The molecule has 0 saturated carbocycles. The Bertz CT molecular complexity index is 768. The lowest BCUT2D eigenvalue weighted by Gasteiger charge is -2.21. The number of hydrogen-bond donors (Lipinski definition) is 1. The third kappa shape index (κ3) is 2.92. The molecule has 0 fully saturated rings. The first-order valence-electron chi connectivity index (χ1n) is 6.87. The minimum atomic E-state index is -1.38. The van der Waals surface area contributed by atoms with Crippen LogP contribution in [0.3, 0.4) is 0 Å². The molecule has 2 aromatic rings. The maximum absolute atomic E-state index is 12.5. The first-order chi connectivity index (χ1) is 10.5. The predicted molar refractivity (Wildman–Crippen MR) is 80.8 cm³/mol. The number of fused-ring (bicyclic) bond motifs is 1. The maximum atomic E-state index is 12.5. The Morgan fingerprint density at radius 3 is 3.05 bits per heavy atom. The second-order valence-corrected chi connectivity index (χ2v) is 6.00. The fraction of sp³-hybridized carbons (Fsp3) is 0.357. The Labute approximate surface area is 134 Å². The second kappa shape index (κ2) is 5.96. The first kappa shape index (κ1) is 14.8. The van der Waals surface area contributed by atoms with Crippen LogP contribution >= 0.6 is 15.9 Å². The topological polar surface area (TPSA) is 86.3 Å². The van der Waals surface area contributed by atoms with Crippen molar-refractivity contribution in [3.63, 3.8) is 0 Å². The highest BCUT2D eigenvalue weighted by Crippen LogP contribution is 2.23. The van der Waals surface area contributed by atoms with Gasteiger partial charge >= 0.3 is 11.8 Å². The number of benzene rings is 1. The van der Waals surface area contributed by atoms with Gasteiger partial charge in [-0.3, -0.25) is 0 Å². The summed E-state index contributed by atoms with van der Waals surface area (Å²) in [6, 6.07) is 7.61. The Balaban J connectivity index is 1.93. The number of ether oxygens (including phenoxy) is 1. The minimum absolute atomic E-state index is 0.331. The van der Waals surface area contributed by atoms with Crippen LogP contribution in [0.15, 0.2) is 33.5 Å². The number of aromatic nitrogens is 3. The third-order valence-electron chi connectivity index (χ3n) is 3.54. The van der Waals surface area contributed by atoms with Gasteiger partial charge in [0, 0.05) is 17.3 Å². The van der Waals surface area contributed by atoms with E-state index in [2.05, 4.69) is 21.0 Å². The van der Waals surface area contributed by atoms with E-state index in [0.29, 0.717) is 25.2 Å². The van der Waals surface area contributed by atoms with Crippen molar-refractivity contribution in [2.75, 3.05) is 0 Å². The highest BCUT2D eigenvalue weighted by molar-refractivity contribution is 9.10. The Kier molecular flexibility index (Phi) is 4.02. The van der Waals surface area contributed by atoms with Crippen molar-refractivity contribution in [2.45, 2.75) is 32.0 Å². The normalized spacial score (nSPS) is 17.0. The Morgan fingerprint density at radius 1 is 1.50 bits per heavy atom. The largest absolute Gasteiger partial charge is 0.507 e. The van der Waals surface area contributed by atoms with Gasteiger partial charge < -0.3 is 9.84 Å². The molecule has 1 aromatic carbocycles. The van der Waals surface area contributed by atoms with Crippen LogP contribution in [-0.4, -0.2) is 25.6 Å². The highest BCUT2D eigenvalue weighted by Gasteiger charge is 2.28. The fourth-order valence-corrected chi connectivity index (χ4v) is 3.07. The molecule has 116 valence electrons. The number of carboxylic acid groups (broad SMARTS) is 1. The number of nitrogens with zero attached hydrogens (tertiary/aromatic N) is 3. The van der Waals surface area contributed by atoms with Crippen LogP contribution in [0.5, 0.6) is 0 Å². The smallest absolute Gasteiger partial charge is 0.450 e. The molecule has 0 amide bonds. The van der Waals surface area contributed by atoms with Crippen LogP contribution in [0.2, 0.25) is 0 Å². The van der Waals surface area contributed by atoms with Gasteiger partial charge in [-0.25, -0.2) is 18.8 Å². The van der Waals surface area contributed by atoms with Crippen molar-refractivity contribution in [1.29, 1.82) is 0 Å². The first-order valence-corrected chi connectivity index (χ1v) is 7.66. The van der Waals surface area contributed by atoms with E-state index in [1.54, 1.807) is 0 Å². The third-order valence-corrected chi connectivity index (χ3v) is 4.03. The van der Waals surface area contributed by atoms with Crippen LogP contribution in [0.4, 0.5) is 4.79 Å². The summed E-state index contributed by atoms with van der Waals surface area (Å²) in [4.78, 5) is 23.2. The number of halogens is 1. The van der Waals surface area contributed by atoms with E-state index in [-0.39, 0.29) is 5.69 Å². The molecule has 0 spiro atoms. The summed E-state index contributed by atoms with van der Waals surface area (Å²) >= 11 is 3.39. The number of aryl methyl sites for hydroxylation is 1. The summed E-state index contributed by atoms with van der Waals surface area (Å²) in [6.07, 6.45) is -0.303. The average Bonchev–Trinajstić information content (AvgIpc) is 2.76. The zero-order valence-electron chi connectivity index (χ0n) is 11.6. The monoisotopic (exact) mass is 367 g/mol. The van der Waals surface area contributed by atoms with Gasteiger partial charge in [-0.05, 0) is 24.1 Å². The van der Waals surface area contributed by atoms with Crippen LogP contribution in [0, 0.1) is 0 Å². The van der Waals surface area contributed by atoms with Crippen LogP contribution in [0.1, 0.15) is 30.5 Å². The molecular weight excluding hydrogens is 354 g/mol. The van der Waals surface area contributed by atoms with E-state index in [4.69, 9.17) is 9.84 Å². The molecule has 1 aliphatic rings. The lowest BCUT2D eigenvalue weighted by molar-refractivity contribution is 0.00392. The molecule has 2 heterocycles. The van der Waals surface area contributed by atoms with Gasteiger partial charge in [0.15, 0.2) is 6.23 Å². The summed E-state index contributed by atoms with van der Waals surface area (Å²) in [5, 5.41) is 13.1. The molecule has 1 N–H and O–H groups in total. The summed E-state index contributed by atoms with van der Waals surface area (Å²) in [5.41, 5.74) is 0.587. The van der Waals surface area contributed by atoms with E-state index in [0.717, 1.165) is 16.5 Å². The highest BCUT2D eigenvalue weighted by atomic mass is 79.9. The van der Waals surface area contributed by atoms with Gasteiger partial charge in [0.05, 0.1) is 6.54 Å². The van der Waals surface area contributed by atoms with Crippen LogP contribution in [0.25, 0.3) is 0 Å². The zero-order chi connectivity index (χ0) is 15.7. The Morgan fingerprint density at radius 2 is 2.32 bits per heavy atom. The molecule has 0 radical (unpaired) electrons. The van der Waals surface area contributed by atoms with Gasteiger partial charge in [0.1, 0.15) is 5.82 Å². The van der Waals surface area contributed by atoms with E-state index < -0.39 is 12.4 Å². The second-order valence-electron chi connectivity index (χ2n) is 5.09. The van der Waals surface area contributed by atoms with E-state index in [1.165, 1.54) is 9.25 Å². The number of rotatable bonds is 3. The lowest BCUT2D eigenvalue weighted by Crippen LogP contribution is -2.33. The fourth-order valence-electron chi connectivity index (χ4n) is 2.63. The van der Waals surface area contributed by atoms with Crippen LogP contribution < -0.4 is 5.69 Å². The molecule has 8 heteroatoms. The summed E-state index contributed by atoms with van der Waals surface area (Å²) in [7, 11) is 0. The number of hydrogen-bond acceptors (Lipinski definition) is 4. The van der Waals surface area contributed by atoms with Gasteiger partial charge in [-0.2, -0.15) is 5.10 Å². The van der Waals surface area contributed by atoms with E-state index in [1.807, 2.05) is 24.3 Å². The molecule has 0 aliphatic carbocycles. The molecule has 22 heavy (non-hydrogen) atoms. The maximum Gasteiger partial charge on any atom is 0.507 e. The van der Waals surface area contributed by atoms with E-state index >= 15 is 0 Å². The quantitative estimate of drug-likeness (QED) is 0.841. The van der Waals surface area contributed by atoms with Crippen molar-refractivity contribution in [3.8, 4) is 0 Å². The van der Waals surface area contributed by atoms with Crippen molar-refractivity contribution in [3.05, 3.63) is 50.6 Å². The molecular formula is C14H14BrN3O4. The SMILES string of the molecule is O=C(O)O[C@H]1CCCc2nn(Cc3cccc(Br)c3)c(=O)n21. The van der Waals surface area contributed by atoms with Crippen molar-refractivity contribution < 1.29 is 14.6 Å².